The summed E-state index contributed by atoms with van der Waals surface area (Å²) >= 11 is 0. The molecule has 0 unspecified atom stereocenters. The van der Waals surface area contributed by atoms with E-state index < -0.39 is 12.5 Å². The predicted molar refractivity (Wildman–Crippen MR) is 111 cm³/mol. The quantitative estimate of drug-likeness (QED) is 0.616. The van der Waals surface area contributed by atoms with Crippen LogP contribution >= 0.6 is 0 Å². The lowest BCUT2D eigenvalue weighted by atomic mass is 9.97. The first-order chi connectivity index (χ1) is 14.9. The van der Waals surface area contributed by atoms with Crippen molar-refractivity contribution in [2.45, 2.75) is 25.1 Å². The SMILES string of the molecule is N#Cc1ccc(-c2c(OC3CCNCC3)ccc3cnccc23)cc1.O=CC(F)(F)F. The first-order valence-corrected chi connectivity index (χ1v) is 9.69. The first kappa shape index (κ1) is 22.2. The zero-order chi connectivity index (χ0) is 22.3. The lowest BCUT2D eigenvalue weighted by molar-refractivity contribution is -0.156. The molecular formula is C23H20F3N3O2. The van der Waals surface area contributed by atoms with Crippen molar-refractivity contribution >= 4 is 17.1 Å². The maximum atomic E-state index is 10.4. The summed E-state index contributed by atoms with van der Waals surface area (Å²) in [6.07, 6.45) is 0.244. The Morgan fingerprint density at radius 2 is 1.77 bits per heavy atom. The van der Waals surface area contributed by atoms with Crippen molar-refractivity contribution in [1.29, 1.82) is 5.26 Å². The summed E-state index contributed by atoms with van der Waals surface area (Å²) in [7, 11) is 0. The molecule has 8 heteroatoms. The molecule has 5 nitrogen and oxygen atoms in total. The predicted octanol–water partition coefficient (Wildman–Crippen LogP) is 4.65. The van der Waals surface area contributed by atoms with Crippen LogP contribution in [-0.2, 0) is 4.79 Å². The summed E-state index contributed by atoms with van der Waals surface area (Å²) in [5, 5.41) is 14.6. The van der Waals surface area contributed by atoms with Crippen molar-refractivity contribution in [1.82, 2.24) is 10.3 Å². The summed E-state index contributed by atoms with van der Waals surface area (Å²) in [6, 6.07) is 16.0. The minimum atomic E-state index is -4.64. The number of nitrogens with one attached hydrogen (secondary N) is 1. The fraction of sp³-hybridized carbons (Fsp3) is 0.261. The number of carbonyl (C=O) groups excluding carboxylic acids is 1. The molecule has 0 atom stereocenters. The number of nitrogens with zero attached hydrogens (tertiary/aromatic N) is 2. The second kappa shape index (κ2) is 10.0. The second-order valence-electron chi connectivity index (χ2n) is 6.95. The van der Waals surface area contributed by atoms with Gasteiger partial charge in [0.2, 0.25) is 6.29 Å². The highest BCUT2D eigenvalue weighted by Crippen LogP contribution is 2.38. The van der Waals surface area contributed by atoms with Gasteiger partial charge in [0.15, 0.2) is 0 Å². The third kappa shape index (κ3) is 6.03. The summed E-state index contributed by atoms with van der Waals surface area (Å²) in [5.41, 5.74) is 2.79. The number of rotatable bonds is 3. The van der Waals surface area contributed by atoms with E-state index in [1.807, 2.05) is 48.8 Å². The number of pyridine rings is 1. The van der Waals surface area contributed by atoms with Gasteiger partial charge in [-0.3, -0.25) is 9.78 Å². The highest BCUT2D eigenvalue weighted by molar-refractivity contribution is 5.99. The van der Waals surface area contributed by atoms with E-state index in [1.54, 1.807) is 0 Å². The molecule has 1 saturated heterocycles. The Bertz CT molecular complexity index is 1070. The molecule has 160 valence electrons. The van der Waals surface area contributed by atoms with E-state index in [0.717, 1.165) is 53.6 Å². The van der Waals surface area contributed by atoms with Crippen molar-refractivity contribution in [3.8, 4) is 22.9 Å². The first-order valence-electron chi connectivity index (χ1n) is 9.69. The van der Waals surface area contributed by atoms with Crippen molar-refractivity contribution < 1.29 is 22.7 Å². The van der Waals surface area contributed by atoms with Crippen LogP contribution in [0.1, 0.15) is 18.4 Å². The van der Waals surface area contributed by atoms with Gasteiger partial charge in [0.1, 0.15) is 11.9 Å². The Morgan fingerprint density at radius 1 is 1.10 bits per heavy atom. The monoisotopic (exact) mass is 427 g/mol. The summed E-state index contributed by atoms with van der Waals surface area (Å²) in [6.45, 7) is 1.99. The Balaban J connectivity index is 0.000000401. The fourth-order valence-corrected chi connectivity index (χ4v) is 3.35. The van der Waals surface area contributed by atoms with E-state index in [4.69, 9.17) is 14.8 Å². The van der Waals surface area contributed by atoms with Crippen molar-refractivity contribution in [2.24, 2.45) is 0 Å². The van der Waals surface area contributed by atoms with Crippen LogP contribution < -0.4 is 10.1 Å². The topological polar surface area (TPSA) is 75.0 Å². The normalized spacial score (nSPS) is 14.3. The number of hydrogen-bond donors (Lipinski definition) is 1. The lowest BCUT2D eigenvalue weighted by Gasteiger charge is -2.25. The molecule has 0 amide bonds. The standard InChI is InChI=1S/C21H19N3O.C2HF3O/c22-13-15-1-3-16(4-2-15)21-19-9-12-24-14-17(19)5-6-20(21)25-18-7-10-23-11-8-18;3-2(4,5)1-6/h1-6,9,12,14,18,23H,7-8,10-11H2;1H. The van der Waals surface area contributed by atoms with Crippen LogP contribution in [0, 0.1) is 11.3 Å². The third-order valence-electron chi connectivity index (χ3n) is 4.80. The fourth-order valence-electron chi connectivity index (χ4n) is 3.35. The number of aromatic nitrogens is 1. The van der Waals surface area contributed by atoms with Gasteiger partial charge in [-0.25, -0.2) is 0 Å². The Morgan fingerprint density at radius 3 is 2.39 bits per heavy atom. The molecule has 3 aromatic rings. The summed E-state index contributed by atoms with van der Waals surface area (Å²) < 4.78 is 37.6. The number of piperidine rings is 1. The molecule has 1 aliphatic rings. The van der Waals surface area contributed by atoms with Crippen LogP contribution in [0.4, 0.5) is 13.2 Å². The maximum Gasteiger partial charge on any atom is 0.446 e. The van der Waals surface area contributed by atoms with Crippen LogP contribution in [0.25, 0.3) is 21.9 Å². The molecule has 0 spiro atoms. The number of nitriles is 1. The molecule has 0 bridgehead atoms. The molecule has 1 fully saturated rings. The summed E-state index contributed by atoms with van der Waals surface area (Å²) in [5.74, 6) is 0.898. The molecule has 0 aliphatic carbocycles. The zero-order valence-electron chi connectivity index (χ0n) is 16.5. The minimum Gasteiger partial charge on any atom is -0.490 e. The van der Waals surface area contributed by atoms with Crippen LogP contribution in [-0.4, -0.2) is 36.6 Å². The van der Waals surface area contributed by atoms with Crippen molar-refractivity contribution in [3.63, 3.8) is 0 Å². The average Bonchev–Trinajstić information content (AvgIpc) is 2.80. The number of fused-ring (bicyclic) bond motifs is 1. The van der Waals surface area contributed by atoms with Gasteiger partial charge in [-0.2, -0.15) is 18.4 Å². The number of carbonyl (C=O) groups is 1. The number of ether oxygens (including phenoxy) is 1. The lowest BCUT2D eigenvalue weighted by Crippen LogP contribution is -2.34. The van der Waals surface area contributed by atoms with Crippen molar-refractivity contribution in [2.75, 3.05) is 13.1 Å². The number of alkyl halides is 3. The highest BCUT2D eigenvalue weighted by atomic mass is 19.4. The zero-order valence-corrected chi connectivity index (χ0v) is 16.5. The van der Waals surface area contributed by atoms with Gasteiger partial charge in [0.25, 0.3) is 0 Å². The van der Waals surface area contributed by atoms with Gasteiger partial charge >= 0.3 is 6.18 Å². The molecule has 2 aromatic carbocycles. The van der Waals surface area contributed by atoms with Gasteiger partial charge in [0, 0.05) is 23.3 Å². The Hall–Kier alpha value is -3.44. The largest absolute Gasteiger partial charge is 0.490 e. The maximum absolute atomic E-state index is 10.4. The number of hydrogen-bond acceptors (Lipinski definition) is 5. The van der Waals surface area contributed by atoms with E-state index >= 15 is 0 Å². The van der Waals surface area contributed by atoms with E-state index in [0.29, 0.717) is 5.56 Å². The molecule has 1 aliphatic heterocycles. The molecule has 4 rings (SSSR count). The molecule has 31 heavy (non-hydrogen) atoms. The van der Waals surface area contributed by atoms with Crippen LogP contribution in [0.15, 0.2) is 54.9 Å². The Labute approximate surface area is 177 Å². The molecule has 1 N–H and O–H groups in total. The average molecular weight is 427 g/mol. The highest BCUT2D eigenvalue weighted by Gasteiger charge is 2.25. The van der Waals surface area contributed by atoms with E-state index in [9.17, 15) is 13.2 Å². The molecule has 1 aromatic heterocycles. The van der Waals surface area contributed by atoms with Gasteiger partial charge in [-0.15, -0.1) is 0 Å². The van der Waals surface area contributed by atoms with E-state index in [1.165, 1.54) is 0 Å². The molecule has 0 radical (unpaired) electrons. The van der Waals surface area contributed by atoms with Crippen LogP contribution in [0.5, 0.6) is 5.75 Å². The number of benzene rings is 2. The molecule has 2 heterocycles. The molecular weight excluding hydrogens is 407 g/mol. The van der Waals surface area contributed by atoms with Crippen molar-refractivity contribution in [3.05, 3.63) is 60.4 Å². The van der Waals surface area contributed by atoms with E-state index in [-0.39, 0.29) is 6.10 Å². The second-order valence-corrected chi connectivity index (χ2v) is 6.95. The van der Waals surface area contributed by atoms with Gasteiger partial charge < -0.3 is 10.1 Å². The number of aldehydes is 1. The minimum absolute atomic E-state index is 0.234. The number of halogens is 3. The third-order valence-corrected chi connectivity index (χ3v) is 4.80. The smallest absolute Gasteiger partial charge is 0.446 e. The van der Waals surface area contributed by atoms with E-state index in [2.05, 4.69) is 22.4 Å². The van der Waals surface area contributed by atoms with Gasteiger partial charge in [0.05, 0.1) is 11.6 Å². The molecule has 0 saturated carbocycles. The van der Waals surface area contributed by atoms with Crippen LogP contribution in [0.2, 0.25) is 0 Å². The van der Waals surface area contributed by atoms with Crippen LogP contribution in [0.3, 0.4) is 0 Å². The Kier molecular flexibility index (Phi) is 7.21. The van der Waals surface area contributed by atoms with Gasteiger partial charge in [-0.05, 0) is 67.2 Å². The van der Waals surface area contributed by atoms with Gasteiger partial charge in [-0.1, -0.05) is 12.1 Å². The summed E-state index contributed by atoms with van der Waals surface area (Å²) in [4.78, 5) is 12.9.